The molecule has 0 saturated heterocycles. The van der Waals surface area contributed by atoms with Crippen molar-refractivity contribution < 1.29 is 13.2 Å². The van der Waals surface area contributed by atoms with Crippen LogP contribution < -0.4 is 0 Å². The lowest BCUT2D eigenvalue weighted by Crippen LogP contribution is -1.97. The number of benzene rings is 3. The van der Waals surface area contributed by atoms with Gasteiger partial charge < -0.3 is 0 Å². The van der Waals surface area contributed by atoms with Crippen LogP contribution >= 0.6 is 0 Å². The van der Waals surface area contributed by atoms with Gasteiger partial charge in [-0.1, -0.05) is 68.3 Å². The van der Waals surface area contributed by atoms with Crippen LogP contribution in [0.25, 0.3) is 22.3 Å². The van der Waals surface area contributed by atoms with Gasteiger partial charge in [0.2, 0.25) is 0 Å². The maximum Gasteiger partial charge on any atom is 0.167 e. The number of hydrogen-bond acceptors (Lipinski definition) is 0. The van der Waals surface area contributed by atoms with E-state index in [1.165, 1.54) is 12.1 Å². The van der Waals surface area contributed by atoms with Crippen LogP contribution in [0.3, 0.4) is 0 Å². The number of rotatable bonds is 6. The van der Waals surface area contributed by atoms with Crippen LogP contribution in [-0.4, -0.2) is 0 Å². The second-order valence-corrected chi connectivity index (χ2v) is 6.42. The van der Waals surface area contributed by atoms with Gasteiger partial charge in [0.1, 0.15) is 5.82 Å². The SMILES string of the molecule is CCCCCc1ccc(-c2ccc(F)c(F)c2-c2ccccc2)c(F)c1. The molecule has 0 fully saturated rings. The van der Waals surface area contributed by atoms with E-state index in [9.17, 15) is 13.2 Å². The molecule has 134 valence electrons. The Labute approximate surface area is 152 Å². The third-order valence-electron chi connectivity index (χ3n) is 4.55. The van der Waals surface area contributed by atoms with E-state index in [0.29, 0.717) is 11.1 Å². The van der Waals surface area contributed by atoms with Crippen LogP contribution in [0.5, 0.6) is 0 Å². The third kappa shape index (κ3) is 3.82. The van der Waals surface area contributed by atoms with E-state index in [2.05, 4.69) is 6.92 Å². The quantitative estimate of drug-likeness (QED) is 0.412. The summed E-state index contributed by atoms with van der Waals surface area (Å²) in [7, 11) is 0. The van der Waals surface area contributed by atoms with Gasteiger partial charge in [0.25, 0.3) is 0 Å². The van der Waals surface area contributed by atoms with E-state index in [1.54, 1.807) is 36.4 Å². The fourth-order valence-corrected chi connectivity index (χ4v) is 3.17. The zero-order valence-corrected chi connectivity index (χ0v) is 14.7. The minimum absolute atomic E-state index is 0.0863. The standard InChI is InChI=1S/C23H21F3/c1-2-3-5-8-16-11-12-18(21(25)15-16)19-13-14-20(24)23(26)22(19)17-9-6-4-7-10-17/h4,6-7,9-15H,2-3,5,8H2,1H3. The maximum atomic E-state index is 14.8. The Morgan fingerprint density at radius 3 is 2.15 bits per heavy atom. The molecule has 0 aliphatic heterocycles. The molecular formula is C23H21F3. The third-order valence-corrected chi connectivity index (χ3v) is 4.55. The molecule has 3 aromatic rings. The molecule has 0 aliphatic carbocycles. The second-order valence-electron chi connectivity index (χ2n) is 6.42. The van der Waals surface area contributed by atoms with Gasteiger partial charge in [-0.15, -0.1) is 0 Å². The van der Waals surface area contributed by atoms with Gasteiger partial charge in [0, 0.05) is 11.1 Å². The summed E-state index contributed by atoms with van der Waals surface area (Å²) in [6, 6.07) is 16.2. The highest BCUT2D eigenvalue weighted by atomic mass is 19.2. The van der Waals surface area contributed by atoms with Crippen LogP contribution in [-0.2, 0) is 6.42 Å². The highest BCUT2D eigenvalue weighted by molar-refractivity contribution is 5.84. The van der Waals surface area contributed by atoms with Crippen LogP contribution in [0.1, 0.15) is 31.7 Å². The van der Waals surface area contributed by atoms with Crippen molar-refractivity contribution in [1.82, 2.24) is 0 Å². The Kier molecular flexibility index (Phi) is 5.77. The lowest BCUT2D eigenvalue weighted by Gasteiger charge is -2.13. The molecule has 0 aromatic heterocycles. The van der Waals surface area contributed by atoms with Crippen LogP contribution in [0.4, 0.5) is 13.2 Å². The first-order valence-corrected chi connectivity index (χ1v) is 8.94. The average Bonchev–Trinajstić information content (AvgIpc) is 2.65. The van der Waals surface area contributed by atoms with Crippen molar-refractivity contribution in [3.63, 3.8) is 0 Å². The van der Waals surface area contributed by atoms with Gasteiger partial charge in [-0.05, 0) is 41.7 Å². The molecule has 0 radical (unpaired) electrons. The molecule has 0 N–H and O–H groups in total. The minimum Gasteiger partial charge on any atom is -0.206 e. The molecule has 0 nitrogen and oxygen atoms in total. The Balaban J connectivity index is 2.06. The summed E-state index contributed by atoms with van der Waals surface area (Å²) in [6.45, 7) is 2.12. The summed E-state index contributed by atoms with van der Waals surface area (Å²) < 4.78 is 43.1. The summed E-state index contributed by atoms with van der Waals surface area (Å²) in [5.41, 5.74) is 2.16. The van der Waals surface area contributed by atoms with Crippen molar-refractivity contribution in [2.45, 2.75) is 32.6 Å². The van der Waals surface area contributed by atoms with Crippen molar-refractivity contribution in [2.75, 3.05) is 0 Å². The minimum atomic E-state index is -0.958. The van der Waals surface area contributed by atoms with E-state index in [4.69, 9.17) is 0 Å². The fraction of sp³-hybridized carbons (Fsp3) is 0.217. The van der Waals surface area contributed by atoms with Crippen molar-refractivity contribution >= 4 is 0 Å². The normalized spacial score (nSPS) is 10.9. The highest BCUT2D eigenvalue weighted by Crippen LogP contribution is 2.36. The van der Waals surface area contributed by atoms with E-state index < -0.39 is 17.5 Å². The van der Waals surface area contributed by atoms with Crippen LogP contribution in [0.15, 0.2) is 60.7 Å². The van der Waals surface area contributed by atoms with Crippen molar-refractivity contribution in [3.8, 4) is 22.3 Å². The summed E-state index contributed by atoms with van der Waals surface area (Å²) in [4.78, 5) is 0. The molecule has 3 rings (SSSR count). The van der Waals surface area contributed by atoms with Crippen LogP contribution in [0, 0.1) is 17.5 Å². The molecular weight excluding hydrogens is 333 g/mol. The van der Waals surface area contributed by atoms with Gasteiger partial charge in [0.15, 0.2) is 11.6 Å². The van der Waals surface area contributed by atoms with E-state index in [1.807, 2.05) is 6.07 Å². The smallest absolute Gasteiger partial charge is 0.167 e. The van der Waals surface area contributed by atoms with Gasteiger partial charge in [-0.2, -0.15) is 0 Å². The summed E-state index contributed by atoms with van der Waals surface area (Å²) in [5, 5.41) is 0. The monoisotopic (exact) mass is 354 g/mol. The van der Waals surface area contributed by atoms with Gasteiger partial charge in [-0.3, -0.25) is 0 Å². The topological polar surface area (TPSA) is 0 Å². The molecule has 0 unspecified atom stereocenters. The average molecular weight is 354 g/mol. The van der Waals surface area contributed by atoms with Crippen molar-refractivity contribution in [1.29, 1.82) is 0 Å². The summed E-state index contributed by atoms with van der Waals surface area (Å²) in [6.07, 6.45) is 4.03. The fourth-order valence-electron chi connectivity index (χ4n) is 3.17. The lowest BCUT2D eigenvalue weighted by molar-refractivity contribution is 0.511. The molecule has 0 heterocycles. The number of unbranched alkanes of at least 4 members (excludes halogenated alkanes) is 2. The predicted octanol–water partition coefficient (Wildman–Crippen LogP) is 7.17. The molecule has 0 atom stereocenters. The molecule has 0 amide bonds. The zero-order valence-electron chi connectivity index (χ0n) is 14.7. The molecule has 0 spiro atoms. The molecule has 3 heteroatoms. The van der Waals surface area contributed by atoms with Gasteiger partial charge in [-0.25, -0.2) is 13.2 Å². The van der Waals surface area contributed by atoms with Crippen molar-refractivity contribution in [3.05, 3.63) is 83.7 Å². The first-order valence-electron chi connectivity index (χ1n) is 8.94. The number of aryl methyl sites for hydroxylation is 1. The molecule has 0 aliphatic rings. The predicted molar refractivity (Wildman–Crippen MR) is 100 cm³/mol. The van der Waals surface area contributed by atoms with Gasteiger partial charge in [0.05, 0.1) is 0 Å². The first kappa shape index (κ1) is 18.2. The van der Waals surface area contributed by atoms with Gasteiger partial charge >= 0.3 is 0 Å². The summed E-state index contributed by atoms with van der Waals surface area (Å²) in [5.74, 6) is -2.31. The second kappa shape index (κ2) is 8.22. The largest absolute Gasteiger partial charge is 0.206 e. The Morgan fingerprint density at radius 1 is 0.731 bits per heavy atom. The first-order chi connectivity index (χ1) is 12.6. The number of halogens is 3. The van der Waals surface area contributed by atoms with E-state index in [-0.39, 0.29) is 11.1 Å². The molecule has 0 saturated carbocycles. The molecule has 3 aromatic carbocycles. The molecule has 26 heavy (non-hydrogen) atoms. The van der Waals surface area contributed by atoms with Crippen LogP contribution in [0.2, 0.25) is 0 Å². The Bertz CT molecular complexity index is 885. The van der Waals surface area contributed by atoms with E-state index in [0.717, 1.165) is 37.3 Å². The van der Waals surface area contributed by atoms with E-state index >= 15 is 0 Å². The van der Waals surface area contributed by atoms with Crippen molar-refractivity contribution in [2.24, 2.45) is 0 Å². The Hall–Kier alpha value is -2.55. The molecule has 0 bridgehead atoms. The maximum absolute atomic E-state index is 14.8. The zero-order chi connectivity index (χ0) is 18.5. The Morgan fingerprint density at radius 2 is 1.46 bits per heavy atom. The lowest BCUT2D eigenvalue weighted by atomic mass is 9.92. The number of hydrogen-bond donors (Lipinski definition) is 0. The highest BCUT2D eigenvalue weighted by Gasteiger charge is 2.18. The summed E-state index contributed by atoms with van der Waals surface area (Å²) >= 11 is 0.